The highest BCUT2D eigenvalue weighted by Crippen LogP contribution is 2.18. The minimum atomic E-state index is -0.210. The molecule has 0 amide bonds. The van der Waals surface area contributed by atoms with E-state index >= 15 is 0 Å². The molecule has 0 radical (unpaired) electrons. The van der Waals surface area contributed by atoms with Crippen molar-refractivity contribution in [2.75, 3.05) is 20.2 Å². The van der Waals surface area contributed by atoms with Gasteiger partial charge in [0.2, 0.25) is 0 Å². The standard InChI is InChI=1S/C13H18ClNO2/c1-4-17-13(16)9-15(3)8-11-6-5-10(2)7-12(11)14/h5-7H,4,8-9H2,1-3H3. The first kappa shape index (κ1) is 14.0. The Morgan fingerprint density at radius 1 is 1.47 bits per heavy atom. The zero-order valence-electron chi connectivity index (χ0n) is 10.5. The summed E-state index contributed by atoms with van der Waals surface area (Å²) in [6.45, 7) is 5.13. The predicted molar refractivity (Wildman–Crippen MR) is 69.2 cm³/mol. The van der Waals surface area contributed by atoms with Gasteiger partial charge in [-0.1, -0.05) is 23.7 Å². The summed E-state index contributed by atoms with van der Waals surface area (Å²) in [6, 6.07) is 5.92. The Bertz CT molecular complexity index is 393. The third-order valence-corrected chi connectivity index (χ3v) is 2.71. The number of hydrogen-bond donors (Lipinski definition) is 0. The van der Waals surface area contributed by atoms with Gasteiger partial charge in [0.25, 0.3) is 0 Å². The highest BCUT2D eigenvalue weighted by Gasteiger charge is 2.09. The summed E-state index contributed by atoms with van der Waals surface area (Å²) in [5.41, 5.74) is 2.15. The topological polar surface area (TPSA) is 29.5 Å². The number of halogens is 1. The van der Waals surface area contributed by atoms with Crippen molar-refractivity contribution < 1.29 is 9.53 Å². The molecule has 4 heteroatoms. The van der Waals surface area contributed by atoms with Crippen molar-refractivity contribution in [3.05, 3.63) is 34.3 Å². The number of rotatable bonds is 5. The van der Waals surface area contributed by atoms with Crippen LogP contribution in [0.1, 0.15) is 18.1 Å². The maximum atomic E-state index is 11.3. The smallest absolute Gasteiger partial charge is 0.320 e. The highest BCUT2D eigenvalue weighted by molar-refractivity contribution is 6.31. The fraction of sp³-hybridized carbons (Fsp3) is 0.462. The lowest BCUT2D eigenvalue weighted by Crippen LogP contribution is -2.27. The second-order valence-electron chi connectivity index (χ2n) is 4.07. The van der Waals surface area contributed by atoms with E-state index in [1.54, 1.807) is 6.92 Å². The molecule has 0 N–H and O–H groups in total. The molecule has 0 bridgehead atoms. The number of carbonyl (C=O) groups is 1. The van der Waals surface area contributed by atoms with Crippen molar-refractivity contribution in [3.63, 3.8) is 0 Å². The number of carbonyl (C=O) groups excluding carboxylic acids is 1. The lowest BCUT2D eigenvalue weighted by molar-refractivity contribution is -0.144. The van der Waals surface area contributed by atoms with Crippen molar-refractivity contribution in [1.82, 2.24) is 4.90 Å². The van der Waals surface area contributed by atoms with E-state index in [4.69, 9.17) is 16.3 Å². The molecule has 0 atom stereocenters. The molecule has 0 fully saturated rings. The third kappa shape index (κ3) is 4.75. The number of ether oxygens (including phenoxy) is 1. The second-order valence-corrected chi connectivity index (χ2v) is 4.48. The van der Waals surface area contributed by atoms with Gasteiger partial charge in [0, 0.05) is 11.6 Å². The number of nitrogens with zero attached hydrogens (tertiary/aromatic N) is 1. The van der Waals surface area contributed by atoms with Gasteiger partial charge in [0.1, 0.15) is 0 Å². The van der Waals surface area contributed by atoms with Crippen LogP contribution in [0.3, 0.4) is 0 Å². The van der Waals surface area contributed by atoms with E-state index in [9.17, 15) is 4.79 Å². The average Bonchev–Trinajstić information content (AvgIpc) is 2.22. The molecule has 0 aliphatic rings. The molecule has 3 nitrogen and oxygen atoms in total. The van der Waals surface area contributed by atoms with E-state index in [1.165, 1.54) is 0 Å². The summed E-state index contributed by atoms with van der Waals surface area (Å²) < 4.78 is 4.89. The fourth-order valence-corrected chi connectivity index (χ4v) is 1.85. The maximum absolute atomic E-state index is 11.3. The molecule has 0 aliphatic carbocycles. The van der Waals surface area contributed by atoms with Crippen LogP contribution in [-0.4, -0.2) is 31.1 Å². The highest BCUT2D eigenvalue weighted by atomic mass is 35.5. The van der Waals surface area contributed by atoms with Gasteiger partial charge in [-0.15, -0.1) is 0 Å². The fourth-order valence-electron chi connectivity index (χ4n) is 1.55. The van der Waals surface area contributed by atoms with E-state index < -0.39 is 0 Å². The largest absolute Gasteiger partial charge is 0.465 e. The van der Waals surface area contributed by atoms with Gasteiger partial charge in [-0.05, 0) is 38.1 Å². The Hall–Kier alpha value is -1.06. The Morgan fingerprint density at radius 3 is 2.76 bits per heavy atom. The number of aryl methyl sites for hydroxylation is 1. The Morgan fingerprint density at radius 2 is 2.18 bits per heavy atom. The van der Waals surface area contributed by atoms with Crippen molar-refractivity contribution in [2.24, 2.45) is 0 Å². The second kappa shape index (κ2) is 6.62. The van der Waals surface area contributed by atoms with Gasteiger partial charge in [-0.25, -0.2) is 0 Å². The monoisotopic (exact) mass is 255 g/mol. The number of benzene rings is 1. The molecule has 0 aromatic heterocycles. The van der Waals surface area contributed by atoms with Crippen molar-refractivity contribution in [2.45, 2.75) is 20.4 Å². The molecular weight excluding hydrogens is 238 g/mol. The third-order valence-electron chi connectivity index (χ3n) is 2.35. The molecule has 17 heavy (non-hydrogen) atoms. The van der Waals surface area contributed by atoms with Crippen LogP contribution in [0.2, 0.25) is 5.02 Å². The maximum Gasteiger partial charge on any atom is 0.320 e. The Kier molecular flexibility index (Phi) is 5.45. The summed E-state index contributed by atoms with van der Waals surface area (Å²) >= 11 is 6.13. The van der Waals surface area contributed by atoms with Crippen molar-refractivity contribution in [1.29, 1.82) is 0 Å². The number of hydrogen-bond acceptors (Lipinski definition) is 3. The zero-order valence-corrected chi connectivity index (χ0v) is 11.3. The number of likely N-dealkylation sites (N-methyl/N-ethyl adjacent to an activating group) is 1. The van der Waals surface area contributed by atoms with Crippen molar-refractivity contribution >= 4 is 17.6 Å². The summed E-state index contributed by atoms with van der Waals surface area (Å²) in [5, 5.41) is 0.737. The van der Waals surface area contributed by atoms with E-state index in [1.807, 2.05) is 37.1 Å². The summed E-state index contributed by atoms with van der Waals surface area (Å²) in [4.78, 5) is 13.2. The van der Waals surface area contributed by atoms with Crippen molar-refractivity contribution in [3.8, 4) is 0 Å². The van der Waals surface area contributed by atoms with Crippen LogP contribution in [0, 0.1) is 6.92 Å². The van der Waals surface area contributed by atoms with Gasteiger partial charge in [0.15, 0.2) is 0 Å². The van der Waals surface area contributed by atoms with Gasteiger partial charge < -0.3 is 4.74 Å². The minimum Gasteiger partial charge on any atom is -0.465 e. The van der Waals surface area contributed by atoms with E-state index in [0.29, 0.717) is 13.2 Å². The molecule has 0 aliphatic heterocycles. The van der Waals surface area contributed by atoms with Crippen LogP contribution in [0.4, 0.5) is 0 Å². The Balaban J connectivity index is 2.55. The predicted octanol–water partition coefficient (Wildman–Crippen LogP) is 2.64. The molecule has 0 heterocycles. The van der Waals surface area contributed by atoms with Crippen LogP contribution in [0.15, 0.2) is 18.2 Å². The van der Waals surface area contributed by atoms with Crippen LogP contribution in [0.25, 0.3) is 0 Å². The van der Waals surface area contributed by atoms with E-state index in [-0.39, 0.29) is 12.5 Å². The normalized spacial score (nSPS) is 10.6. The lowest BCUT2D eigenvalue weighted by atomic mass is 10.1. The van der Waals surface area contributed by atoms with Crippen LogP contribution in [-0.2, 0) is 16.1 Å². The van der Waals surface area contributed by atoms with Crippen LogP contribution < -0.4 is 0 Å². The lowest BCUT2D eigenvalue weighted by Gasteiger charge is -2.16. The average molecular weight is 256 g/mol. The molecule has 1 aromatic rings. The molecule has 0 saturated carbocycles. The zero-order chi connectivity index (χ0) is 12.8. The van der Waals surface area contributed by atoms with Crippen LogP contribution >= 0.6 is 11.6 Å². The first-order valence-electron chi connectivity index (χ1n) is 5.62. The minimum absolute atomic E-state index is 0.210. The summed E-state index contributed by atoms with van der Waals surface area (Å²) in [7, 11) is 1.87. The van der Waals surface area contributed by atoms with Crippen LogP contribution in [0.5, 0.6) is 0 Å². The van der Waals surface area contributed by atoms with Gasteiger partial charge in [-0.2, -0.15) is 0 Å². The quantitative estimate of drug-likeness (QED) is 0.758. The summed E-state index contributed by atoms with van der Waals surface area (Å²) in [5.74, 6) is -0.210. The molecule has 0 saturated heterocycles. The molecule has 1 rings (SSSR count). The molecule has 0 unspecified atom stereocenters. The van der Waals surface area contributed by atoms with E-state index in [0.717, 1.165) is 16.1 Å². The first-order chi connectivity index (χ1) is 8.02. The molecular formula is C13H18ClNO2. The Labute approximate surface area is 107 Å². The molecule has 0 spiro atoms. The first-order valence-corrected chi connectivity index (χ1v) is 6.00. The van der Waals surface area contributed by atoms with Gasteiger partial charge in [-0.3, -0.25) is 9.69 Å². The molecule has 1 aromatic carbocycles. The van der Waals surface area contributed by atoms with Gasteiger partial charge in [0.05, 0.1) is 13.2 Å². The summed E-state index contributed by atoms with van der Waals surface area (Å²) in [6.07, 6.45) is 0. The van der Waals surface area contributed by atoms with Gasteiger partial charge >= 0.3 is 5.97 Å². The molecule has 94 valence electrons. The van der Waals surface area contributed by atoms with E-state index in [2.05, 4.69) is 0 Å². The SMILES string of the molecule is CCOC(=O)CN(C)Cc1ccc(C)cc1Cl. The number of esters is 1.